The summed E-state index contributed by atoms with van der Waals surface area (Å²) in [5.74, 6) is -1.07. The van der Waals surface area contributed by atoms with Gasteiger partial charge in [0.1, 0.15) is 5.54 Å². The van der Waals surface area contributed by atoms with Crippen molar-refractivity contribution in [3.05, 3.63) is 0 Å². The molecule has 2 amide bonds. The first-order valence-corrected chi connectivity index (χ1v) is 3.64. The van der Waals surface area contributed by atoms with Crippen LogP contribution in [0.5, 0.6) is 0 Å². The number of likely N-dealkylation sites (N-methyl/N-ethyl adjacent to an activating group) is 1. The lowest BCUT2D eigenvalue weighted by atomic mass is 10.0. The average Bonchev–Trinajstić information content (AvgIpc) is 1.86. The number of carbonyl (C=O) groups is 2. The Balaban J connectivity index is 4.71. The number of rotatable bonds is 3. The number of urea groups is 1. The summed E-state index contributed by atoms with van der Waals surface area (Å²) in [5.41, 5.74) is 3.76. The van der Waals surface area contributed by atoms with E-state index >= 15 is 0 Å². The zero-order valence-electron chi connectivity index (χ0n) is 7.50. The SMILES string of the molecule is CCN(C(N)=O)C(C)(C)C(=O)O. The zero-order chi connectivity index (χ0) is 9.94. The van der Waals surface area contributed by atoms with Gasteiger partial charge in [-0.15, -0.1) is 0 Å². The predicted molar refractivity (Wildman–Crippen MR) is 43.7 cm³/mol. The molecule has 0 aromatic heterocycles. The summed E-state index contributed by atoms with van der Waals surface area (Å²) in [6.07, 6.45) is 0. The molecule has 0 saturated heterocycles. The van der Waals surface area contributed by atoms with Gasteiger partial charge in [-0.05, 0) is 20.8 Å². The fraction of sp³-hybridized carbons (Fsp3) is 0.714. The molecule has 5 nitrogen and oxygen atoms in total. The second-order valence-electron chi connectivity index (χ2n) is 2.95. The fourth-order valence-electron chi connectivity index (χ4n) is 0.942. The van der Waals surface area contributed by atoms with E-state index in [-0.39, 0.29) is 6.54 Å². The Kier molecular flexibility index (Phi) is 3.06. The summed E-state index contributed by atoms with van der Waals surface area (Å²) in [6, 6.07) is -0.718. The van der Waals surface area contributed by atoms with Crippen molar-refractivity contribution < 1.29 is 14.7 Å². The molecule has 0 spiro atoms. The predicted octanol–water partition coefficient (Wildman–Crippen LogP) is 0.250. The van der Waals surface area contributed by atoms with Crippen molar-refractivity contribution in [1.29, 1.82) is 0 Å². The molecule has 5 heteroatoms. The first kappa shape index (κ1) is 10.7. The van der Waals surface area contributed by atoms with E-state index in [9.17, 15) is 9.59 Å². The molecule has 0 rings (SSSR count). The van der Waals surface area contributed by atoms with Gasteiger partial charge in [-0.25, -0.2) is 9.59 Å². The molecule has 3 N–H and O–H groups in total. The highest BCUT2D eigenvalue weighted by molar-refractivity contribution is 5.84. The van der Waals surface area contributed by atoms with Gasteiger partial charge in [0.15, 0.2) is 0 Å². The average molecular weight is 174 g/mol. The third-order valence-electron chi connectivity index (χ3n) is 1.78. The van der Waals surface area contributed by atoms with Crippen LogP contribution in [-0.2, 0) is 4.79 Å². The van der Waals surface area contributed by atoms with Crippen molar-refractivity contribution in [3.63, 3.8) is 0 Å². The number of amides is 2. The lowest BCUT2D eigenvalue weighted by Gasteiger charge is -2.32. The molecule has 0 atom stereocenters. The Bertz CT molecular complexity index is 201. The number of carboxylic acids is 1. The molecule has 0 radical (unpaired) electrons. The molecular weight excluding hydrogens is 160 g/mol. The standard InChI is InChI=1S/C7H14N2O3/c1-4-9(6(8)12)7(2,3)5(10)11/h4H2,1-3H3,(H2,8,12)(H,10,11). The van der Waals surface area contributed by atoms with Crippen LogP contribution in [0.4, 0.5) is 4.79 Å². The van der Waals surface area contributed by atoms with Crippen LogP contribution in [-0.4, -0.2) is 34.1 Å². The fourth-order valence-corrected chi connectivity index (χ4v) is 0.942. The number of hydrogen-bond acceptors (Lipinski definition) is 2. The van der Waals surface area contributed by atoms with E-state index in [1.54, 1.807) is 6.92 Å². The molecule has 0 aromatic rings. The zero-order valence-corrected chi connectivity index (χ0v) is 7.50. The molecule has 0 aliphatic rings. The first-order chi connectivity index (χ1) is 5.34. The van der Waals surface area contributed by atoms with Crippen LogP contribution in [0.1, 0.15) is 20.8 Å². The molecule has 0 aromatic carbocycles. The molecule has 0 aliphatic heterocycles. The Morgan fingerprint density at radius 2 is 1.92 bits per heavy atom. The van der Waals surface area contributed by atoms with Crippen LogP contribution in [0.15, 0.2) is 0 Å². The molecule has 0 aliphatic carbocycles. The third kappa shape index (κ3) is 1.87. The molecule has 0 fully saturated rings. The first-order valence-electron chi connectivity index (χ1n) is 3.64. The van der Waals surface area contributed by atoms with Crippen LogP contribution in [0.2, 0.25) is 0 Å². The molecular formula is C7H14N2O3. The van der Waals surface area contributed by atoms with E-state index in [4.69, 9.17) is 10.8 Å². The second-order valence-corrected chi connectivity index (χ2v) is 2.95. The number of nitrogens with two attached hydrogens (primary N) is 1. The topological polar surface area (TPSA) is 83.6 Å². The molecule has 12 heavy (non-hydrogen) atoms. The van der Waals surface area contributed by atoms with E-state index in [1.165, 1.54) is 13.8 Å². The molecule has 0 bridgehead atoms. The van der Waals surface area contributed by atoms with Crippen LogP contribution < -0.4 is 5.73 Å². The third-order valence-corrected chi connectivity index (χ3v) is 1.78. The second kappa shape index (κ2) is 3.42. The van der Waals surface area contributed by atoms with Crippen LogP contribution in [0.3, 0.4) is 0 Å². The smallest absolute Gasteiger partial charge is 0.329 e. The van der Waals surface area contributed by atoms with Gasteiger partial charge >= 0.3 is 12.0 Å². The lowest BCUT2D eigenvalue weighted by Crippen LogP contribution is -2.54. The van der Waals surface area contributed by atoms with Crippen molar-refractivity contribution in [2.75, 3.05) is 6.54 Å². The summed E-state index contributed by atoms with van der Waals surface area (Å²) < 4.78 is 0. The minimum atomic E-state index is -1.24. The highest BCUT2D eigenvalue weighted by Crippen LogP contribution is 2.13. The Labute approximate surface area is 71.1 Å². The van der Waals surface area contributed by atoms with Crippen molar-refractivity contribution >= 4 is 12.0 Å². The van der Waals surface area contributed by atoms with Crippen LogP contribution in [0, 0.1) is 0 Å². The van der Waals surface area contributed by atoms with E-state index in [1.807, 2.05) is 0 Å². The van der Waals surface area contributed by atoms with Gasteiger partial charge < -0.3 is 15.7 Å². The summed E-state index contributed by atoms with van der Waals surface area (Å²) in [7, 11) is 0. The van der Waals surface area contributed by atoms with E-state index in [0.717, 1.165) is 4.90 Å². The van der Waals surface area contributed by atoms with Crippen molar-refractivity contribution in [2.24, 2.45) is 5.73 Å². The van der Waals surface area contributed by atoms with Gasteiger partial charge in [-0.3, -0.25) is 0 Å². The summed E-state index contributed by atoms with van der Waals surface area (Å²) >= 11 is 0. The number of carboxylic acid groups (broad SMARTS) is 1. The Hall–Kier alpha value is -1.26. The van der Waals surface area contributed by atoms with Crippen molar-refractivity contribution in [2.45, 2.75) is 26.3 Å². The number of aliphatic carboxylic acids is 1. The van der Waals surface area contributed by atoms with Gasteiger partial charge in [0.2, 0.25) is 0 Å². The van der Waals surface area contributed by atoms with Gasteiger partial charge in [-0.1, -0.05) is 0 Å². The van der Waals surface area contributed by atoms with Gasteiger partial charge in [0, 0.05) is 6.54 Å². The Morgan fingerprint density at radius 1 is 1.50 bits per heavy atom. The largest absolute Gasteiger partial charge is 0.480 e. The summed E-state index contributed by atoms with van der Waals surface area (Å²) in [6.45, 7) is 4.83. The maximum Gasteiger partial charge on any atom is 0.329 e. The van der Waals surface area contributed by atoms with Gasteiger partial charge in [-0.2, -0.15) is 0 Å². The van der Waals surface area contributed by atoms with E-state index in [0.29, 0.717) is 0 Å². The molecule has 0 saturated carbocycles. The normalized spacial score (nSPS) is 10.9. The molecule has 70 valence electrons. The maximum atomic E-state index is 10.8. The van der Waals surface area contributed by atoms with E-state index in [2.05, 4.69) is 0 Å². The number of carbonyl (C=O) groups excluding carboxylic acids is 1. The van der Waals surface area contributed by atoms with Gasteiger partial charge in [0.05, 0.1) is 0 Å². The quantitative estimate of drug-likeness (QED) is 0.643. The summed E-state index contributed by atoms with van der Waals surface area (Å²) in [4.78, 5) is 22.5. The van der Waals surface area contributed by atoms with Crippen LogP contribution in [0.25, 0.3) is 0 Å². The highest BCUT2D eigenvalue weighted by atomic mass is 16.4. The minimum absolute atomic E-state index is 0.286. The van der Waals surface area contributed by atoms with Gasteiger partial charge in [0.25, 0.3) is 0 Å². The van der Waals surface area contributed by atoms with Crippen molar-refractivity contribution in [3.8, 4) is 0 Å². The Morgan fingerprint density at radius 3 is 2.00 bits per heavy atom. The van der Waals surface area contributed by atoms with Crippen LogP contribution >= 0.6 is 0 Å². The van der Waals surface area contributed by atoms with E-state index < -0.39 is 17.5 Å². The van der Waals surface area contributed by atoms with Crippen molar-refractivity contribution in [1.82, 2.24) is 4.90 Å². The monoisotopic (exact) mass is 174 g/mol. The number of hydrogen-bond donors (Lipinski definition) is 2. The maximum absolute atomic E-state index is 10.8. The highest BCUT2D eigenvalue weighted by Gasteiger charge is 2.35. The number of primary amides is 1. The molecule has 0 unspecified atom stereocenters. The minimum Gasteiger partial charge on any atom is -0.480 e. The summed E-state index contributed by atoms with van der Waals surface area (Å²) in [5, 5.41) is 8.74. The number of nitrogens with zero attached hydrogens (tertiary/aromatic N) is 1. The molecule has 0 heterocycles. The lowest BCUT2D eigenvalue weighted by molar-refractivity contribution is -0.147.